The van der Waals surface area contributed by atoms with Gasteiger partial charge in [-0.3, -0.25) is 9.69 Å². The van der Waals surface area contributed by atoms with Crippen LogP contribution in [0, 0.1) is 5.92 Å². The number of benzene rings is 1. The average Bonchev–Trinajstić information content (AvgIpc) is 2.89. The van der Waals surface area contributed by atoms with E-state index in [2.05, 4.69) is 4.90 Å². The zero-order valence-corrected chi connectivity index (χ0v) is 12.4. The standard InChI is InChI=1S/C15H18ClNO4/c16-12-5-11(6-13-15(12)21-9-20-13)8-17-3-1-10(2-4-17)7-14(18)19/h5-6,10H,1-4,7-9H2,(H,18,19). The van der Waals surface area contributed by atoms with Crippen molar-refractivity contribution in [2.24, 2.45) is 5.92 Å². The zero-order valence-electron chi connectivity index (χ0n) is 11.7. The third-order valence-electron chi connectivity index (χ3n) is 4.06. The molecule has 0 saturated carbocycles. The lowest BCUT2D eigenvalue weighted by molar-refractivity contribution is -0.138. The lowest BCUT2D eigenvalue weighted by Gasteiger charge is -2.31. The van der Waals surface area contributed by atoms with Gasteiger partial charge in [-0.15, -0.1) is 0 Å². The first-order valence-electron chi connectivity index (χ1n) is 7.14. The van der Waals surface area contributed by atoms with Crippen LogP contribution in [-0.2, 0) is 11.3 Å². The minimum Gasteiger partial charge on any atom is -0.481 e. The normalized spacial score (nSPS) is 18.9. The largest absolute Gasteiger partial charge is 0.481 e. The quantitative estimate of drug-likeness (QED) is 0.926. The molecule has 0 spiro atoms. The Morgan fingerprint density at radius 3 is 2.81 bits per heavy atom. The Morgan fingerprint density at radius 2 is 2.10 bits per heavy atom. The molecular weight excluding hydrogens is 294 g/mol. The van der Waals surface area contributed by atoms with E-state index in [0.29, 0.717) is 22.4 Å². The predicted octanol–water partition coefficient (Wildman–Crippen LogP) is 2.76. The minimum absolute atomic E-state index is 0.221. The smallest absolute Gasteiger partial charge is 0.303 e. The van der Waals surface area contributed by atoms with Crippen LogP contribution in [0.3, 0.4) is 0 Å². The molecule has 0 bridgehead atoms. The Kier molecular flexibility index (Phi) is 4.22. The van der Waals surface area contributed by atoms with Crippen molar-refractivity contribution in [2.75, 3.05) is 19.9 Å². The van der Waals surface area contributed by atoms with Gasteiger partial charge in [0, 0.05) is 13.0 Å². The summed E-state index contributed by atoms with van der Waals surface area (Å²) >= 11 is 6.18. The highest BCUT2D eigenvalue weighted by Gasteiger charge is 2.23. The maximum atomic E-state index is 10.7. The van der Waals surface area contributed by atoms with Crippen LogP contribution in [0.1, 0.15) is 24.8 Å². The van der Waals surface area contributed by atoms with Gasteiger partial charge in [0.05, 0.1) is 5.02 Å². The SMILES string of the molecule is O=C(O)CC1CCN(Cc2cc(Cl)c3c(c2)OCO3)CC1. The molecule has 1 fully saturated rings. The van der Waals surface area contributed by atoms with E-state index in [1.807, 2.05) is 12.1 Å². The van der Waals surface area contributed by atoms with Gasteiger partial charge in [0.15, 0.2) is 11.5 Å². The van der Waals surface area contributed by atoms with Gasteiger partial charge in [-0.25, -0.2) is 0 Å². The molecule has 3 rings (SSSR count). The first-order valence-corrected chi connectivity index (χ1v) is 7.52. The summed E-state index contributed by atoms with van der Waals surface area (Å²) in [6, 6.07) is 3.88. The first kappa shape index (κ1) is 14.5. The van der Waals surface area contributed by atoms with Crippen LogP contribution in [0.4, 0.5) is 0 Å². The molecule has 2 aliphatic rings. The first-order chi connectivity index (χ1) is 10.1. The van der Waals surface area contributed by atoms with Crippen LogP contribution in [0.5, 0.6) is 11.5 Å². The third kappa shape index (κ3) is 3.41. The van der Waals surface area contributed by atoms with Crippen molar-refractivity contribution >= 4 is 17.6 Å². The molecule has 2 heterocycles. The van der Waals surface area contributed by atoms with Crippen LogP contribution in [-0.4, -0.2) is 35.9 Å². The molecule has 0 atom stereocenters. The molecule has 1 N–H and O–H groups in total. The number of carboxylic acids is 1. The fourth-order valence-corrected chi connectivity index (χ4v) is 3.25. The van der Waals surface area contributed by atoms with Gasteiger partial charge in [0.1, 0.15) is 0 Å². The molecule has 6 heteroatoms. The molecule has 1 aromatic carbocycles. The fraction of sp³-hybridized carbons (Fsp3) is 0.533. The molecular formula is C15H18ClNO4. The average molecular weight is 312 g/mol. The Bertz CT molecular complexity index is 541. The second kappa shape index (κ2) is 6.12. The zero-order chi connectivity index (χ0) is 14.8. The van der Waals surface area contributed by atoms with E-state index in [1.165, 1.54) is 0 Å². The molecule has 0 amide bonds. The van der Waals surface area contributed by atoms with Crippen molar-refractivity contribution in [2.45, 2.75) is 25.8 Å². The Labute approximate surface area is 128 Å². The van der Waals surface area contributed by atoms with Gasteiger partial charge in [0.25, 0.3) is 0 Å². The summed E-state index contributed by atoms with van der Waals surface area (Å²) in [5, 5.41) is 9.42. The lowest BCUT2D eigenvalue weighted by atomic mass is 9.93. The maximum absolute atomic E-state index is 10.7. The molecule has 0 aliphatic carbocycles. The Balaban J connectivity index is 1.58. The van der Waals surface area contributed by atoms with Crippen LogP contribution < -0.4 is 9.47 Å². The number of hydrogen-bond donors (Lipinski definition) is 1. The summed E-state index contributed by atoms with van der Waals surface area (Å²) < 4.78 is 10.7. The minimum atomic E-state index is -0.698. The monoisotopic (exact) mass is 311 g/mol. The number of carboxylic acid groups (broad SMARTS) is 1. The molecule has 1 saturated heterocycles. The predicted molar refractivity (Wildman–Crippen MR) is 77.8 cm³/mol. The topological polar surface area (TPSA) is 59.0 Å². The van der Waals surface area contributed by atoms with E-state index in [-0.39, 0.29) is 13.2 Å². The van der Waals surface area contributed by atoms with E-state index in [4.69, 9.17) is 26.2 Å². The molecule has 0 radical (unpaired) electrons. The molecule has 5 nitrogen and oxygen atoms in total. The second-order valence-electron chi connectivity index (χ2n) is 5.63. The van der Waals surface area contributed by atoms with E-state index in [0.717, 1.165) is 38.0 Å². The molecule has 0 unspecified atom stereocenters. The van der Waals surface area contributed by atoms with Gasteiger partial charge in [-0.2, -0.15) is 0 Å². The summed E-state index contributed by atoms with van der Waals surface area (Å²) in [6.45, 7) is 2.86. The van der Waals surface area contributed by atoms with Crippen molar-refractivity contribution in [3.8, 4) is 11.5 Å². The number of likely N-dealkylation sites (tertiary alicyclic amines) is 1. The van der Waals surface area contributed by atoms with Crippen molar-refractivity contribution in [1.82, 2.24) is 4.90 Å². The molecule has 0 aromatic heterocycles. The summed E-state index contributed by atoms with van der Waals surface area (Å²) in [6.07, 6.45) is 2.15. The van der Waals surface area contributed by atoms with E-state index >= 15 is 0 Å². The summed E-state index contributed by atoms with van der Waals surface area (Å²) in [7, 11) is 0. The van der Waals surface area contributed by atoms with Gasteiger partial charge >= 0.3 is 5.97 Å². The number of piperidine rings is 1. The van der Waals surface area contributed by atoms with Crippen LogP contribution in [0.15, 0.2) is 12.1 Å². The molecule has 1 aromatic rings. The highest BCUT2D eigenvalue weighted by molar-refractivity contribution is 6.32. The van der Waals surface area contributed by atoms with E-state index in [9.17, 15) is 4.79 Å². The van der Waals surface area contributed by atoms with Crippen molar-refractivity contribution in [3.05, 3.63) is 22.7 Å². The summed E-state index contributed by atoms with van der Waals surface area (Å²) in [4.78, 5) is 13.1. The van der Waals surface area contributed by atoms with Crippen molar-refractivity contribution in [3.63, 3.8) is 0 Å². The second-order valence-corrected chi connectivity index (χ2v) is 6.04. The number of carbonyl (C=O) groups is 1. The third-order valence-corrected chi connectivity index (χ3v) is 4.34. The fourth-order valence-electron chi connectivity index (χ4n) is 2.97. The number of hydrogen-bond acceptors (Lipinski definition) is 4. The van der Waals surface area contributed by atoms with Crippen molar-refractivity contribution in [1.29, 1.82) is 0 Å². The maximum Gasteiger partial charge on any atom is 0.303 e. The molecule has 2 aliphatic heterocycles. The Hall–Kier alpha value is -1.46. The van der Waals surface area contributed by atoms with Gasteiger partial charge in [-0.1, -0.05) is 11.6 Å². The van der Waals surface area contributed by atoms with Crippen LogP contribution >= 0.6 is 11.6 Å². The number of fused-ring (bicyclic) bond motifs is 1. The number of halogens is 1. The van der Waals surface area contributed by atoms with E-state index in [1.54, 1.807) is 0 Å². The molecule has 21 heavy (non-hydrogen) atoms. The number of rotatable bonds is 4. The van der Waals surface area contributed by atoms with Gasteiger partial charge < -0.3 is 14.6 Å². The number of aliphatic carboxylic acids is 1. The highest BCUT2D eigenvalue weighted by Crippen LogP contribution is 2.40. The number of nitrogens with zero attached hydrogens (tertiary/aromatic N) is 1. The van der Waals surface area contributed by atoms with Crippen molar-refractivity contribution < 1.29 is 19.4 Å². The van der Waals surface area contributed by atoms with E-state index < -0.39 is 5.97 Å². The highest BCUT2D eigenvalue weighted by atomic mass is 35.5. The van der Waals surface area contributed by atoms with Gasteiger partial charge in [0.2, 0.25) is 6.79 Å². The van der Waals surface area contributed by atoms with Crippen LogP contribution in [0.2, 0.25) is 5.02 Å². The number of ether oxygens (including phenoxy) is 2. The molecule has 114 valence electrons. The van der Waals surface area contributed by atoms with Crippen LogP contribution in [0.25, 0.3) is 0 Å². The lowest BCUT2D eigenvalue weighted by Crippen LogP contribution is -2.33. The Morgan fingerprint density at radius 1 is 1.33 bits per heavy atom. The summed E-state index contributed by atoms with van der Waals surface area (Å²) in [5.74, 6) is 0.939. The van der Waals surface area contributed by atoms with Gasteiger partial charge in [-0.05, 0) is 49.5 Å². The summed E-state index contributed by atoms with van der Waals surface area (Å²) in [5.41, 5.74) is 1.10.